The highest BCUT2D eigenvalue weighted by Gasteiger charge is 2.40. The smallest absolute Gasteiger partial charge is 0.441 e. The largest absolute Gasteiger partial charge is 0.522 e. The number of rotatable bonds is 8. The Balaban J connectivity index is 1.34. The molecule has 1 aliphatic carbocycles. The first-order chi connectivity index (χ1) is 13.2. The minimum absolute atomic E-state index is 0.107. The van der Waals surface area contributed by atoms with Gasteiger partial charge in [-0.1, -0.05) is 18.2 Å². The Bertz CT molecular complexity index is 862. The number of nitrogens with one attached hydrogen (secondary N) is 1. The van der Waals surface area contributed by atoms with Crippen molar-refractivity contribution < 1.29 is 31.9 Å². The molecule has 0 radical (unpaired) electrons. The molecule has 2 aromatic rings. The number of ether oxygens (including phenoxy) is 2. The Labute approximate surface area is 163 Å². The number of allylic oxidation sites excluding steroid dienone is 1. The number of carbonyl (C=O) groups is 1. The molecule has 0 spiro atoms. The van der Waals surface area contributed by atoms with Crippen LogP contribution in [0, 0.1) is 0 Å². The molecular formula is C18H18ClF3N2O4. The third-order valence-electron chi connectivity index (χ3n) is 4.15. The Morgan fingerprint density at radius 2 is 2.11 bits per heavy atom. The zero-order valence-corrected chi connectivity index (χ0v) is 15.5. The van der Waals surface area contributed by atoms with E-state index >= 15 is 0 Å². The molecule has 0 aliphatic heterocycles. The molecule has 1 heterocycles. The zero-order valence-electron chi connectivity index (χ0n) is 14.7. The summed E-state index contributed by atoms with van der Waals surface area (Å²) in [6.07, 6.45) is -4.91. The highest BCUT2D eigenvalue weighted by Crippen LogP contribution is 2.32. The summed E-state index contributed by atoms with van der Waals surface area (Å²) in [7, 11) is 0. The third-order valence-corrected chi connectivity index (χ3v) is 4.39. The van der Waals surface area contributed by atoms with Gasteiger partial charge >= 0.3 is 6.36 Å². The molecule has 0 saturated heterocycles. The lowest BCUT2D eigenvalue weighted by Crippen LogP contribution is -2.42. The summed E-state index contributed by atoms with van der Waals surface area (Å²) in [5.74, 6) is 0.0728. The van der Waals surface area contributed by atoms with E-state index in [1.165, 1.54) is 0 Å². The van der Waals surface area contributed by atoms with Crippen LogP contribution in [0.3, 0.4) is 0 Å². The molecule has 0 atom stereocenters. The number of hydrogen-bond donors (Lipinski definition) is 1. The fourth-order valence-electron chi connectivity index (χ4n) is 2.74. The van der Waals surface area contributed by atoms with E-state index in [-0.39, 0.29) is 19.4 Å². The van der Waals surface area contributed by atoms with Gasteiger partial charge in [-0.15, -0.1) is 13.2 Å². The maximum Gasteiger partial charge on any atom is 0.522 e. The minimum atomic E-state index is -4.65. The molecule has 152 valence electrons. The Kier molecular flexibility index (Phi) is 6.26. The second-order valence-corrected chi connectivity index (χ2v) is 6.90. The van der Waals surface area contributed by atoms with Gasteiger partial charge in [0.15, 0.2) is 11.5 Å². The number of carbonyl (C=O) groups excluding carboxylic acids is 1. The summed E-state index contributed by atoms with van der Waals surface area (Å²) in [6.45, 7) is 3.51. The average molecular weight is 419 g/mol. The SMILES string of the molecule is C=C(CCc1nc2cc(Cl)ccc2o1)NC(=O)CO[C@H]1C[C@@H](OC(F)(F)F)C1. The van der Waals surface area contributed by atoms with Crippen molar-refractivity contribution in [2.75, 3.05) is 6.61 Å². The van der Waals surface area contributed by atoms with E-state index in [0.717, 1.165) is 0 Å². The third kappa shape index (κ3) is 5.95. The molecule has 1 saturated carbocycles. The Morgan fingerprint density at radius 3 is 2.82 bits per heavy atom. The van der Waals surface area contributed by atoms with Gasteiger partial charge in [-0.3, -0.25) is 9.53 Å². The van der Waals surface area contributed by atoms with E-state index in [0.29, 0.717) is 40.6 Å². The first-order valence-corrected chi connectivity index (χ1v) is 8.94. The number of amides is 1. The summed E-state index contributed by atoms with van der Waals surface area (Å²) in [4.78, 5) is 16.1. The van der Waals surface area contributed by atoms with Crippen LogP contribution in [0.25, 0.3) is 11.1 Å². The van der Waals surface area contributed by atoms with E-state index in [2.05, 4.69) is 21.6 Å². The molecule has 1 aromatic heterocycles. The minimum Gasteiger partial charge on any atom is -0.441 e. The summed E-state index contributed by atoms with van der Waals surface area (Å²) < 4.78 is 50.8. The second kappa shape index (κ2) is 8.50. The predicted octanol–water partition coefficient (Wildman–Crippen LogP) is 4.13. The molecule has 0 bridgehead atoms. The lowest BCUT2D eigenvalue weighted by Gasteiger charge is -2.34. The van der Waals surface area contributed by atoms with Crippen molar-refractivity contribution in [1.29, 1.82) is 0 Å². The highest BCUT2D eigenvalue weighted by atomic mass is 35.5. The summed E-state index contributed by atoms with van der Waals surface area (Å²) in [5, 5.41) is 3.15. The van der Waals surface area contributed by atoms with Crippen LogP contribution in [0.15, 0.2) is 34.9 Å². The van der Waals surface area contributed by atoms with Gasteiger partial charge in [0.05, 0.1) is 12.2 Å². The lowest BCUT2D eigenvalue weighted by molar-refractivity contribution is -0.357. The van der Waals surface area contributed by atoms with Crippen molar-refractivity contribution in [2.24, 2.45) is 0 Å². The van der Waals surface area contributed by atoms with Crippen LogP contribution in [0.5, 0.6) is 0 Å². The van der Waals surface area contributed by atoms with Gasteiger partial charge in [-0.2, -0.15) is 0 Å². The summed E-state index contributed by atoms with van der Waals surface area (Å²) >= 11 is 5.90. The van der Waals surface area contributed by atoms with Gasteiger partial charge in [-0.25, -0.2) is 4.98 Å². The van der Waals surface area contributed by atoms with Gasteiger partial charge < -0.3 is 14.5 Å². The second-order valence-electron chi connectivity index (χ2n) is 6.46. The number of aryl methyl sites for hydroxylation is 1. The molecule has 1 aliphatic rings. The molecule has 28 heavy (non-hydrogen) atoms. The molecule has 1 amide bonds. The standard InChI is InChI=1S/C18H18ClF3N2O4/c1-10(2-5-17-24-14-6-11(19)3-4-15(14)27-17)23-16(25)9-26-12-7-13(8-12)28-18(20,21)22/h3-4,6,12-13H,1-2,5,7-9H2,(H,23,25)/t12-,13+. The fraction of sp³-hybridized carbons (Fsp3) is 0.444. The molecular weight excluding hydrogens is 401 g/mol. The van der Waals surface area contributed by atoms with E-state index in [9.17, 15) is 18.0 Å². The Morgan fingerprint density at radius 1 is 1.36 bits per heavy atom. The number of alkyl halides is 3. The van der Waals surface area contributed by atoms with Gasteiger partial charge in [0.25, 0.3) is 0 Å². The molecule has 0 unspecified atom stereocenters. The van der Waals surface area contributed by atoms with Crippen molar-refractivity contribution >= 4 is 28.6 Å². The number of halogens is 4. The molecule has 1 fully saturated rings. The number of fused-ring (bicyclic) bond motifs is 1. The first kappa shape index (κ1) is 20.6. The van der Waals surface area contributed by atoms with E-state index in [1.807, 2.05) is 0 Å². The molecule has 1 aromatic carbocycles. The number of hydrogen-bond acceptors (Lipinski definition) is 5. The van der Waals surface area contributed by atoms with Crippen LogP contribution in [0.4, 0.5) is 13.2 Å². The van der Waals surface area contributed by atoms with Crippen LogP contribution < -0.4 is 5.32 Å². The molecule has 3 rings (SSSR count). The maximum atomic E-state index is 12.0. The van der Waals surface area contributed by atoms with E-state index in [1.54, 1.807) is 18.2 Å². The van der Waals surface area contributed by atoms with Crippen molar-refractivity contribution in [2.45, 2.75) is 44.3 Å². The number of aromatic nitrogens is 1. The van der Waals surface area contributed by atoms with Crippen LogP contribution in [0.2, 0.25) is 5.02 Å². The topological polar surface area (TPSA) is 73.6 Å². The van der Waals surface area contributed by atoms with Crippen molar-refractivity contribution in [3.8, 4) is 0 Å². The lowest BCUT2D eigenvalue weighted by atomic mass is 9.92. The molecule has 6 nitrogen and oxygen atoms in total. The number of nitrogens with zero attached hydrogens (tertiary/aromatic N) is 1. The van der Waals surface area contributed by atoms with Crippen LogP contribution >= 0.6 is 11.6 Å². The quantitative estimate of drug-likeness (QED) is 0.697. The first-order valence-electron chi connectivity index (χ1n) is 8.56. The van der Waals surface area contributed by atoms with Gasteiger partial charge in [0.1, 0.15) is 12.1 Å². The molecule has 10 heteroatoms. The predicted molar refractivity (Wildman–Crippen MR) is 94.5 cm³/mol. The summed E-state index contributed by atoms with van der Waals surface area (Å²) in [6, 6.07) is 5.13. The number of benzene rings is 1. The van der Waals surface area contributed by atoms with Crippen molar-refractivity contribution in [1.82, 2.24) is 10.3 Å². The van der Waals surface area contributed by atoms with Crippen LogP contribution in [0.1, 0.15) is 25.2 Å². The highest BCUT2D eigenvalue weighted by molar-refractivity contribution is 6.31. The summed E-state index contributed by atoms with van der Waals surface area (Å²) in [5.41, 5.74) is 1.73. The zero-order chi connectivity index (χ0) is 20.3. The van der Waals surface area contributed by atoms with Gasteiger partial charge in [-0.05, 0) is 24.6 Å². The van der Waals surface area contributed by atoms with E-state index in [4.69, 9.17) is 20.8 Å². The average Bonchev–Trinajstić information content (AvgIpc) is 2.96. The van der Waals surface area contributed by atoms with Crippen LogP contribution in [-0.2, 0) is 20.7 Å². The maximum absolute atomic E-state index is 12.0. The number of oxazole rings is 1. The van der Waals surface area contributed by atoms with Crippen LogP contribution in [-0.4, -0.2) is 36.1 Å². The van der Waals surface area contributed by atoms with Crippen molar-refractivity contribution in [3.05, 3.63) is 41.4 Å². The van der Waals surface area contributed by atoms with Gasteiger partial charge in [0.2, 0.25) is 5.91 Å². The van der Waals surface area contributed by atoms with Gasteiger partial charge in [0, 0.05) is 30.0 Å². The Hall–Kier alpha value is -2.10. The van der Waals surface area contributed by atoms with E-state index < -0.39 is 24.5 Å². The fourth-order valence-corrected chi connectivity index (χ4v) is 2.91. The normalized spacial score (nSPS) is 19.4. The monoisotopic (exact) mass is 418 g/mol. The van der Waals surface area contributed by atoms with Crippen molar-refractivity contribution in [3.63, 3.8) is 0 Å². The molecule has 1 N–H and O–H groups in total.